The summed E-state index contributed by atoms with van der Waals surface area (Å²) in [6, 6.07) is 8.14. The molecule has 0 saturated heterocycles. The zero-order valence-electron chi connectivity index (χ0n) is 14.7. The van der Waals surface area contributed by atoms with Crippen LogP contribution in [0.1, 0.15) is 75.1 Å². The lowest BCUT2D eigenvalue weighted by atomic mass is 9.99. The SMILES string of the molecule is CC(C)c1[nH][nH]c(=O)c1Cc1ccccc1OC1CCCCCC1. The van der Waals surface area contributed by atoms with Crippen molar-refractivity contribution in [1.29, 1.82) is 0 Å². The number of para-hydroxylation sites is 1. The smallest absolute Gasteiger partial charge is 0.267 e. The zero-order chi connectivity index (χ0) is 16.9. The van der Waals surface area contributed by atoms with E-state index in [1.54, 1.807) is 0 Å². The first kappa shape index (κ1) is 16.9. The summed E-state index contributed by atoms with van der Waals surface area (Å²) in [4.78, 5) is 12.2. The van der Waals surface area contributed by atoms with Crippen molar-refractivity contribution in [1.82, 2.24) is 10.2 Å². The van der Waals surface area contributed by atoms with Gasteiger partial charge in [0.05, 0.1) is 6.10 Å². The highest BCUT2D eigenvalue weighted by Gasteiger charge is 2.18. The van der Waals surface area contributed by atoms with E-state index in [4.69, 9.17) is 4.74 Å². The highest BCUT2D eigenvalue weighted by atomic mass is 16.5. The van der Waals surface area contributed by atoms with E-state index in [9.17, 15) is 4.79 Å². The van der Waals surface area contributed by atoms with Gasteiger partial charge in [-0.2, -0.15) is 0 Å². The van der Waals surface area contributed by atoms with Crippen LogP contribution in [-0.2, 0) is 6.42 Å². The Morgan fingerprint density at radius 3 is 2.50 bits per heavy atom. The first-order chi connectivity index (χ1) is 11.6. The predicted octanol–water partition coefficient (Wildman–Crippen LogP) is 4.52. The molecule has 0 atom stereocenters. The number of benzene rings is 1. The Labute approximate surface area is 143 Å². The first-order valence-electron chi connectivity index (χ1n) is 9.19. The molecule has 1 aliphatic rings. The minimum Gasteiger partial charge on any atom is -0.490 e. The Kier molecular flexibility index (Phi) is 5.44. The van der Waals surface area contributed by atoms with Gasteiger partial charge in [-0.15, -0.1) is 0 Å². The topological polar surface area (TPSA) is 57.9 Å². The van der Waals surface area contributed by atoms with Gasteiger partial charge in [-0.05, 0) is 43.2 Å². The van der Waals surface area contributed by atoms with Crippen LogP contribution in [0.25, 0.3) is 0 Å². The van der Waals surface area contributed by atoms with Gasteiger partial charge in [0, 0.05) is 17.7 Å². The normalized spacial score (nSPS) is 16.3. The van der Waals surface area contributed by atoms with Crippen molar-refractivity contribution in [2.24, 2.45) is 0 Å². The molecule has 24 heavy (non-hydrogen) atoms. The Bertz CT molecular complexity index is 706. The lowest BCUT2D eigenvalue weighted by Crippen LogP contribution is -2.16. The van der Waals surface area contributed by atoms with Crippen LogP contribution >= 0.6 is 0 Å². The molecule has 2 N–H and O–H groups in total. The fraction of sp³-hybridized carbons (Fsp3) is 0.550. The number of H-pyrrole nitrogens is 2. The maximum Gasteiger partial charge on any atom is 0.267 e. The van der Waals surface area contributed by atoms with Gasteiger partial charge in [-0.25, -0.2) is 0 Å². The molecule has 1 aliphatic carbocycles. The lowest BCUT2D eigenvalue weighted by molar-refractivity contribution is 0.182. The molecular weight excluding hydrogens is 300 g/mol. The molecule has 1 heterocycles. The molecule has 1 aromatic carbocycles. The van der Waals surface area contributed by atoms with Crippen LogP contribution in [0.5, 0.6) is 5.75 Å². The molecule has 0 bridgehead atoms. The van der Waals surface area contributed by atoms with E-state index in [-0.39, 0.29) is 11.5 Å². The average Bonchev–Trinajstić information content (AvgIpc) is 2.77. The minimum absolute atomic E-state index is 0.0250. The van der Waals surface area contributed by atoms with Crippen molar-refractivity contribution in [2.45, 2.75) is 70.8 Å². The summed E-state index contributed by atoms with van der Waals surface area (Å²) in [6.07, 6.45) is 8.32. The molecule has 1 saturated carbocycles. The van der Waals surface area contributed by atoms with Crippen LogP contribution in [0.4, 0.5) is 0 Å². The van der Waals surface area contributed by atoms with Gasteiger partial charge in [0.2, 0.25) is 0 Å². The van der Waals surface area contributed by atoms with Gasteiger partial charge in [-0.3, -0.25) is 9.89 Å². The fourth-order valence-electron chi connectivity index (χ4n) is 3.56. The largest absolute Gasteiger partial charge is 0.490 e. The molecule has 0 spiro atoms. The van der Waals surface area contributed by atoms with Gasteiger partial charge in [0.1, 0.15) is 5.75 Å². The van der Waals surface area contributed by atoms with E-state index in [1.807, 2.05) is 18.2 Å². The number of nitrogens with one attached hydrogen (secondary N) is 2. The molecule has 1 fully saturated rings. The Hall–Kier alpha value is -1.97. The molecule has 0 unspecified atom stereocenters. The maximum atomic E-state index is 12.2. The number of hydrogen-bond donors (Lipinski definition) is 2. The molecule has 130 valence electrons. The number of hydrogen-bond acceptors (Lipinski definition) is 2. The molecule has 4 nitrogen and oxygen atoms in total. The highest BCUT2D eigenvalue weighted by molar-refractivity contribution is 5.38. The molecule has 0 radical (unpaired) electrons. The summed E-state index contributed by atoms with van der Waals surface area (Å²) in [5.41, 5.74) is 2.88. The van der Waals surface area contributed by atoms with Crippen LogP contribution < -0.4 is 10.3 Å². The zero-order valence-corrected chi connectivity index (χ0v) is 14.7. The molecule has 1 aromatic heterocycles. The number of aromatic nitrogens is 2. The summed E-state index contributed by atoms with van der Waals surface area (Å²) in [5, 5.41) is 5.75. The van der Waals surface area contributed by atoms with Crippen molar-refractivity contribution in [3.05, 3.63) is 51.4 Å². The van der Waals surface area contributed by atoms with Crippen LogP contribution in [0.3, 0.4) is 0 Å². The van der Waals surface area contributed by atoms with E-state index in [2.05, 4.69) is 30.1 Å². The third-order valence-electron chi connectivity index (χ3n) is 4.92. The van der Waals surface area contributed by atoms with Crippen molar-refractivity contribution in [3.63, 3.8) is 0 Å². The van der Waals surface area contributed by atoms with Crippen LogP contribution in [0.15, 0.2) is 29.1 Å². The average molecular weight is 328 g/mol. The number of aromatic amines is 2. The van der Waals surface area contributed by atoms with Crippen molar-refractivity contribution >= 4 is 0 Å². The van der Waals surface area contributed by atoms with Gasteiger partial charge in [0.25, 0.3) is 5.56 Å². The van der Waals surface area contributed by atoms with Crippen LogP contribution in [-0.4, -0.2) is 16.3 Å². The lowest BCUT2D eigenvalue weighted by Gasteiger charge is -2.19. The molecular formula is C20H28N2O2. The second-order valence-corrected chi connectivity index (χ2v) is 7.14. The Morgan fingerprint density at radius 1 is 1.08 bits per heavy atom. The van der Waals surface area contributed by atoms with Gasteiger partial charge in [-0.1, -0.05) is 44.9 Å². The number of rotatable bonds is 5. The highest BCUT2D eigenvalue weighted by Crippen LogP contribution is 2.27. The van der Waals surface area contributed by atoms with E-state index >= 15 is 0 Å². The van der Waals surface area contributed by atoms with E-state index in [0.717, 1.165) is 35.4 Å². The second-order valence-electron chi connectivity index (χ2n) is 7.14. The number of ether oxygens (including phenoxy) is 1. The third kappa shape index (κ3) is 3.92. The van der Waals surface area contributed by atoms with E-state index in [0.29, 0.717) is 12.5 Å². The fourth-order valence-corrected chi connectivity index (χ4v) is 3.56. The van der Waals surface area contributed by atoms with E-state index < -0.39 is 0 Å². The van der Waals surface area contributed by atoms with Crippen LogP contribution in [0.2, 0.25) is 0 Å². The monoisotopic (exact) mass is 328 g/mol. The second kappa shape index (κ2) is 7.73. The summed E-state index contributed by atoms with van der Waals surface area (Å²) >= 11 is 0. The molecule has 2 aromatic rings. The summed E-state index contributed by atoms with van der Waals surface area (Å²) in [5.74, 6) is 1.22. The Morgan fingerprint density at radius 2 is 1.79 bits per heavy atom. The summed E-state index contributed by atoms with van der Waals surface area (Å²) in [7, 11) is 0. The van der Waals surface area contributed by atoms with Crippen molar-refractivity contribution in [3.8, 4) is 5.75 Å². The molecule has 0 aliphatic heterocycles. The molecule has 0 amide bonds. The van der Waals surface area contributed by atoms with Gasteiger partial charge >= 0.3 is 0 Å². The van der Waals surface area contributed by atoms with Crippen molar-refractivity contribution in [2.75, 3.05) is 0 Å². The Balaban J connectivity index is 1.82. The molecule has 4 heteroatoms. The standard InChI is InChI=1S/C20H28N2O2/c1-14(2)19-17(20(23)22-21-19)13-15-9-7-8-12-18(15)24-16-10-5-3-4-6-11-16/h7-9,12,14,16H,3-6,10-11,13H2,1-2H3,(H2,21,22,23). The van der Waals surface area contributed by atoms with E-state index in [1.165, 1.54) is 25.7 Å². The van der Waals surface area contributed by atoms with Crippen LogP contribution in [0, 0.1) is 0 Å². The first-order valence-corrected chi connectivity index (χ1v) is 9.19. The molecule has 3 rings (SSSR count). The van der Waals surface area contributed by atoms with Gasteiger partial charge < -0.3 is 9.84 Å². The predicted molar refractivity (Wildman–Crippen MR) is 96.9 cm³/mol. The maximum absolute atomic E-state index is 12.2. The minimum atomic E-state index is -0.0250. The quantitative estimate of drug-likeness (QED) is 0.793. The summed E-state index contributed by atoms with van der Waals surface area (Å²) in [6.45, 7) is 4.19. The van der Waals surface area contributed by atoms with Crippen molar-refractivity contribution < 1.29 is 4.74 Å². The van der Waals surface area contributed by atoms with Gasteiger partial charge in [0.15, 0.2) is 0 Å². The third-order valence-corrected chi connectivity index (χ3v) is 4.92. The summed E-state index contributed by atoms with van der Waals surface area (Å²) < 4.78 is 6.33.